The number of H-pyrrole nitrogens is 1. The quantitative estimate of drug-likeness (QED) is 0.302. The lowest BCUT2D eigenvalue weighted by Gasteiger charge is -2.26. The second kappa shape index (κ2) is 11.0. The average Bonchev–Trinajstić information content (AvgIpc) is 3.45. The third-order valence-electron chi connectivity index (χ3n) is 5.77. The van der Waals surface area contributed by atoms with Crippen molar-refractivity contribution in [3.05, 3.63) is 36.0 Å². The van der Waals surface area contributed by atoms with Gasteiger partial charge >= 0.3 is 5.97 Å². The van der Waals surface area contributed by atoms with Crippen LogP contribution in [0.25, 0.3) is 10.9 Å². The van der Waals surface area contributed by atoms with E-state index in [2.05, 4.69) is 26.3 Å². The van der Waals surface area contributed by atoms with Crippen LogP contribution in [-0.4, -0.2) is 65.0 Å². The number of carboxylic acids is 1. The molecule has 0 radical (unpaired) electrons. The number of carbonyl (C=O) groups is 4. The number of fused-ring (bicyclic) bond motifs is 1. The summed E-state index contributed by atoms with van der Waals surface area (Å²) in [6, 6.07) is 5.46. The van der Waals surface area contributed by atoms with Gasteiger partial charge in [-0.15, -0.1) is 0 Å². The molecular formula is C23H31N5O5. The second-order valence-corrected chi connectivity index (χ2v) is 8.62. The Morgan fingerprint density at radius 2 is 1.88 bits per heavy atom. The first kappa shape index (κ1) is 24.2. The predicted octanol–water partition coefficient (Wildman–Crippen LogP) is 0.289. The highest BCUT2D eigenvalue weighted by Gasteiger charge is 2.31. The van der Waals surface area contributed by atoms with Gasteiger partial charge in [0, 0.05) is 23.5 Å². The fourth-order valence-electron chi connectivity index (χ4n) is 3.97. The molecule has 1 aromatic carbocycles. The van der Waals surface area contributed by atoms with Gasteiger partial charge in [-0.05, 0) is 36.9 Å². The summed E-state index contributed by atoms with van der Waals surface area (Å²) in [4.78, 5) is 52.5. The summed E-state index contributed by atoms with van der Waals surface area (Å²) in [5.74, 6) is -2.82. The Kier molecular flexibility index (Phi) is 8.05. The predicted molar refractivity (Wildman–Crippen MR) is 122 cm³/mol. The fourth-order valence-corrected chi connectivity index (χ4v) is 3.97. The summed E-state index contributed by atoms with van der Waals surface area (Å²) >= 11 is 0. The van der Waals surface area contributed by atoms with E-state index in [1.165, 1.54) is 0 Å². The minimum absolute atomic E-state index is 0.232. The molecule has 3 atom stereocenters. The van der Waals surface area contributed by atoms with Crippen LogP contribution in [0.4, 0.5) is 0 Å². The smallest absolute Gasteiger partial charge is 0.322 e. The molecule has 1 aliphatic heterocycles. The van der Waals surface area contributed by atoms with Crippen LogP contribution in [0, 0.1) is 5.92 Å². The van der Waals surface area contributed by atoms with Crippen molar-refractivity contribution in [2.24, 2.45) is 5.92 Å². The summed E-state index contributed by atoms with van der Waals surface area (Å²) in [5, 5.41) is 20.8. The van der Waals surface area contributed by atoms with Crippen LogP contribution in [0.2, 0.25) is 0 Å². The fraction of sp³-hybridized carbons (Fsp3) is 0.478. The van der Waals surface area contributed by atoms with Crippen LogP contribution in [0.3, 0.4) is 0 Å². The molecule has 1 aromatic heterocycles. The number of hydrogen-bond acceptors (Lipinski definition) is 5. The molecule has 0 unspecified atom stereocenters. The Labute approximate surface area is 191 Å². The molecule has 33 heavy (non-hydrogen) atoms. The molecule has 1 saturated heterocycles. The van der Waals surface area contributed by atoms with Crippen molar-refractivity contribution >= 4 is 34.6 Å². The van der Waals surface area contributed by atoms with Gasteiger partial charge in [0.25, 0.3) is 0 Å². The number of nitrogens with one attached hydrogen (secondary N) is 5. The van der Waals surface area contributed by atoms with Gasteiger partial charge < -0.3 is 31.4 Å². The van der Waals surface area contributed by atoms with Crippen LogP contribution in [-0.2, 0) is 25.6 Å². The Morgan fingerprint density at radius 1 is 1.12 bits per heavy atom. The molecule has 3 rings (SSSR count). The Balaban J connectivity index is 1.78. The number of aromatic amines is 1. The molecule has 6 N–H and O–H groups in total. The van der Waals surface area contributed by atoms with Crippen LogP contribution in [0.5, 0.6) is 0 Å². The number of hydrogen-bond donors (Lipinski definition) is 6. The minimum atomic E-state index is -1.18. The zero-order valence-corrected chi connectivity index (χ0v) is 18.8. The molecule has 3 amide bonds. The Hall–Kier alpha value is -3.40. The highest BCUT2D eigenvalue weighted by atomic mass is 16.4. The first-order valence-electron chi connectivity index (χ1n) is 11.1. The van der Waals surface area contributed by atoms with Crippen molar-refractivity contribution in [3.63, 3.8) is 0 Å². The van der Waals surface area contributed by atoms with E-state index < -0.39 is 36.4 Å². The SMILES string of the molecule is CC(C)[C@H](NC(=O)[C@H](Cc1c[nH]c2ccccc12)NC(=O)[C@@H]1CCCN1)C(=O)NCC(=O)O. The van der Waals surface area contributed by atoms with Gasteiger partial charge in [0.2, 0.25) is 17.7 Å². The molecule has 0 aliphatic carbocycles. The number of para-hydroxylation sites is 1. The van der Waals surface area contributed by atoms with Gasteiger partial charge in [-0.25, -0.2) is 0 Å². The van der Waals surface area contributed by atoms with Gasteiger partial charge in [0.15, 0.2) is 0 Å². The summed E-state index contributed by atoms with van der Waals surface area (Å²) in [7, 11) is 0. The largest absolute Gasteiger partial charge is 0.480 e. The van der Waals surface area contributed by atoms with Gasteiger partial charge in [-0.2, -0.15) is 0 Å². The van der Waals surface area contributed by atoms with Crippen molar-refractivity contribution in [2.75, 3.05) is 13.1 Å². The molecule has 0 spiro atoms. The Morgan fingerprint density at radius 3 is 2.55 bits per heavy atom. The van der Waals surface area contributed by atoms with Crippen molar-refractivity contribution < 1.29 is 24.3 Å². The number of carbonyl (C=O) groups excluding carboxylic acids is 3. The van der Waals surface area contributed by atoms with E-state index in [9.17, 15) is 19.2 Å². The molecule has 178 valence electrons. The number of benzene rings is 1. The standard InChI is InChI=1S/C23H31N5O5/c1-13(2)20(23(33)26-12-19(29)30)28-22(32)18(27-21(31)17-8-5-9-24-17)10-14-11-25-16-7-4-3-6-15(14)16/h3-4,6-7,11,13,17-18,20,24-25H,5,8-10,12H2,1-2H3,(H,26,33)(H,27,31)(H,28,32)(H,29,30)/t17-,18-,20-/m0/s1. The second-order valence-electron chi connectivity index (χ2n) is 8.62. The molecule has 1 fully saturated rings. The van der Waals surface area contributed by atoms with Crippen molar-refractivity contribution in [1.82, 2.24) is 26.3 Å². The van der Waals surface area contributed by atoms with E-state index in [0.29, 0.717) is 6.42 Å². The maximum atomic E-state index is 13.3. The number of rotatable bonds is 10. The molecule has 0 bridgehead atoms. The maximum absolute atomic E-state index is 13.3. The van der Waals surface area contributed by atoms with Crippen molar-refractivity contribution in [3.8, 4) is 0 Å². The lowest BCUT2D eigenvalue weighted by molar-refractivity contribution is -0.139. The first-order valence-corrected chi connectivity index (χ1v) is 11.1. The summed E-state index contributed by atoms with van der Waals surface area (Å²) in [6.07, 6.45) is 3.62. The molecule has 2 aromatic rings. The van der Waals surface area contributed by atoms with Gasteiger partial charge in [-0.1, -0.05) is 32.0 Å². The first-order chi connectivity index (χ1) is 15.8. The van der Waals surface area contributed by atoms with Crippen LogP contribution in [0.15, 0.2) is 30.5 Å². The lowest BCUT2D eigenvalue weighted by Crippen LogP contribution is -2.57. The van der Waals surface area contributed by atoms with E-state index in [4.69, 9.17) is 5.11 Å². The molecule has 10 nitrogen and oxygen atoms in total. The molecule has 1 aliphatic rings. The number of amides is 3. The van der Waals surface area contributed by atoms with E-state index in [-0.39, 0.29) is 24.3 Å². The zero-order chi connectivity index (χ0) is 24.0. The van der Waals surface area contributed by atoms with Crippen molar-refractivity contribution in [1.29, 1.82) is 0 Å². The number of aliphatic carboxylic acids is 1. The average molecular weight is 458 g/mol. The molecular weight excluding hydrogens is 426 g/mol. The van der Waals surface area contributed by atoms with Crippen molar-refractivity contribution in [2.45, 2.75) is 51.2 Å². The number of carboxylic acid groups (broad SMARTS) is 1. The molecule has 0 saturated carbocycles. The topological polar surface area (TPSA) is 152 Å². The normalized spacial score (nSPS) is 17.5. The van der Waals surface area contributed by atoms with Crippen LogP contribution >= 0.6 is 0 Å². The van der Waals surface area contributed by atoms with E-state index >= 15 is 0 Å². The molecule has 10 heteroatoms. The van der Waals surface area contributed by atoms with Gasteiger partial charge in [-0.3, -0.25) is 19.2 Å². The Bertz CT molecular complexity index is 1010. The number of aromatic nitrogens is 1. The van der Waals surface area contributed by atoms with E-state index in [1.54, 1.807) is 13.8 Å². The monoisotopic (exact) mass is 457 g/mol. The minimum Gasteiger partial charge on any atom is -0.480 e. The van der Waals surface area contributed by atoms with Crippen LogP contribution in [0.1, 0.15) is 32.3 Å². The summed E-state index contributed by atoms with van der Waals surface area (Å²) in [5.41, 5.74) is 1.78. The third kappa shape index (κ3) is 6.32. The highest BCUT2D eigenvalue weighted by Crippen LogP contribution is 2.19. The zero-order valence-electron chi connectivity index (χ0n) is 18.8. The summed E-state index contributed by atoms with van der Waals surface area (Å²) in [6.45, 7) is 3.71. The summed E-state index contributed by atoms with van der Waals surface area (Å²) < 4.78 is 0. The highest BCUT2D eigenvalue weighted by molar-refractivity contribution is 5.94. The maximum Gasteiger partial charge on any atom is 0.322 e. The molecule has 2 heterocycles. The van der Waals surface area contributed by atoms with E-state index in [1.807, 2.05) is 30.5 Å². The lowest BCUT2D eigenvalue weighted by atomic mass is 10.0. The van der Waals surface area contributed by atoms with Gasteiger partial charge in [0.05, 0.1) is 6.04 Å². The van der Waals surface area contributed by atoms with Crippen LogP contribution < -0.4 is 21.3 Å². The third-order valence-corrected chi connectivity index (χ3v) is 5.77. The van der Waals surface area contributed by atoms with Gasteiger partial charge in [0.1, 0.15) is 18.6 Å². The van der Waals surface area contributed by atoms with E-state index in [0.717, 1.165) is 29.4 Å².